The fourth-order valence-corrected chi connectivity index (χ4v) is 1.66. The second-order valence-corrected chi connectivity index (χ2v) is 3.66. The summed E-state index contributed by atoms with van der Waals surface area (Å²) in [6.07, 6.45) is 3.09. The molecular formula is C12H11ClN2O2. The summed E-state index contributed by atoms with van der Waals surface area (Å²) in [7, 11) is 1.60. The number of alkyl halides is 1. The SMILES string of the molecule is COc1ccccc1-c1cn(C(=O)CCl)cn1. The van der Waals surface area contributed by atoms with Gasteiger partial charge in [-0.3, -0.25) is 9.36 Å². The lowest BCUT2D eigenvalue weighted by Gasteiger charge is -2.04. The Hall–Kier alpha value is -1.81. The first-order chi connectivity index (χ1) is 8.26. The van der Waals surface area contributed by atoms with Gasteiger partial charge in [-0.25, -0.2) is 4.98 Å². The molecule has 2 aromatic rings. The summed E-state index contributed by atoms with van der Waals surface area (Å²) < 4.78 is 6.61. The van der Waals surface area contributed by atoms with Crippen LogP contribution in [0.4, 0.5) is 0 Å². The van der Waals surface area contributed by atoms with Crippen molar-refractivity contribution in [2.24, 2.45) is 0 Å². The molecule has 1 heterocycles. The quantitative estimate of drug-likeness (QED) is 0.786. The zero-order chi connectivity index (χ0) is 12.3. The fraction of sp³-hybridized carbons (Fsp3) is 0.167. The van der Waals surface area contributed by atoms with Gasteiger partial charge in [0, 0.05) is 11.8 Å². The number of hydrogen-bond donors (Lipinski definition) is 0. The van der Waals surface area contributed by atoms with E-state index >= 15 is 0 Å². The smallest absolute Gasteiger partial charge is 0.246 e. The average Bonchev–Trinajstić information content (AvgIpc) is 2.87. The molecular weight excluding hydrogens is 240 g/mol. The number of carbonyl (C=O) groups excluding carboxylic acids is 1. The predicted octanol–water partition coefficient (Wildman–Crippen LogP) is 2.44. The van der Waals surface area contributed by atoms with Crippen molar-refractivity contribution in [1.82, 2.24) is 9.55 Å². The van der Waals surface area contributed by atoms with Crippen molar-refractivity contribution in [1.29, 1.82) is 0 Å². The van der Waals surface area contributed by atoms with Gasteiger partial charge in [0.05, 0.1) is 12.8 Å². The Morgan fingerprint density at radius 2 is 2.24 bits per heavy atom. The zero-order valence-electron chi connectivity index (χ0n) is 9.26. The van der Waals surface area contributed by atoms with Crippen molar-refractivity contribution in [2.75, 3.05) is 13.0 Å². The molecule has 0 amide bonds. The number of ether oxygens (including phenoxy) is 1. The molecule has 0 aliphatic rings. The van der Waals surface area contributed by atoms with Crippen LogP contribution in [-0.2, 0) is 0 Å². The third-order valence-corrected chi connectivity index (χ3v) is 2.60. The van der Waals surface area contributed by atoms with Gasteiger partial charge in [0.25, 0.3) is 0 Å². The van der Waals surface area contributed by atoms with Gasteiger partial charge >= 0.3 is 0 Å². The van der Waals surface area contributed by atoms with Crippen LogP contribution in [0.1, 0.15) is 4.79 Å². The molecule has 1 aromatic carbocycles. The number of para-hydroxylation sites is 1. The number of rotatable bonds is 3. The van der Waals surface area contributed by atoms with E-state index in [1.807, 2.05) is 24.3 Å². The molecule has 5 heteroatoms. The van der Waals surface area contributed by atoms with Crippen LogP contribution in [0.2, 0.25) is 0 Å². The lowest BCUT2D eigenvalue weighted by atomic mass is 10.1. The van der Waals surface area contributed by atoms with Crippen LogP contribution < -0.4 is 4.74 Å². The van der Waals surface area contributed by atoms with E-state index in [-0.39, 0.29) is 11.8 Å². The van der Waals surface area contributed by atoms with Gasteiger partial charge in [0.1, 0.15) is 18.0 Å². The summed E-state index contributed by atoms with van der Waals surface area (Å²) in [5.74, 6) is 0.443. The zero-order valence-corrected chi connectivity index (χ0v) is 10.0. The second-order valence-electron chi connectivity index (χ2n) is 3.39. The maximum Gasteiger partial charge on any atom is 0.246 e. The lowest BCUT2D eigenvalue weighted by Crippen LogP contribution is -2.08. The number of imidazole rings is 1. The molecule has 1 aromatic heterocycles. The molecule has 0 aliphatic heterocycles. The van der Waals surface area contributed by atoms with Crippen LogP contribution >= 0.6 is 11.6 Å². The Bertz CT molecular complexity index is 537. The number of carbonyl (C=O) groups is 1. The molecule has 0 bridgehead atoms. The Morgan fingerprint density at radius 1 is 1.47 bits per heavy atom. The Labute approximate surface area is 104 Å². The van der Waals surface area contributed by atoms with Crippen LogP contribution in [0.5, 0.6) is 5.75 Å². The highest BCUT2D eigenvalue weighted by Gasteiger charge is 2.10. The third-order valence-electron chi connectivity index (χ3n) is 2.37. The molecule has 88 valence electrons. The van der Waals surface area contributed by atoms with Crippen molar-refractivity contribution in [3.8, 4) is 17.0 Å². The van der Waals surface area contributed by atoms with Crippen LogP contribution in [0, 0.1) is 0 Å². The second kappa shape index (κ2) is 5.01. The monoisotopic (exact) mass is 250 g/mol. The van der Waals surface area contributed by atoms with E-state index in [9.17, 15) is 4.79 Å². The summed E-state index contributed by atoms with van der Waals surface area (Å²) in [6, 6.07) is 7.50. The number of aromatic nitrogens is 2. The van der Waals surface area contributed by atoms with Gasteiger partial charge in [-0.15, -0.1) is 11.6 Å². The number of halogens is 1. The van der Waals surface area contributed by atoms with Gasteiger partial charge in [-0.1, -0.05) is 12.1 Å². The molecule has 2 rings (SSSR count). The van der Waals surface area contributed by atoms with E-state index in [2.05, 4.69) is 4.98 Å². The molecule has 0 aliphatic carbocycles. The molecule has 0 fully saturated rings. The van der Waals surface area contributed by atoms with Gasteiger partial charge in [0.2, 0.25) is 5.91 Å². The largest absolute Gasteiger partial charge is 0.496 e. The van der Waals surface area contributed by atoms with E-state index in [1.54, 1.807) is 13.3 Å². The highest BCUT2D eigenvalue weighted by molar-refractivity contribution is 6.27. The Morgan fingerprint density at radius 3 is 2.94 bits per heavy atom. The molecule has 4 nitrogen and oxygen atoms in total. The van der Waals surface area contributed by atoms with E-state index < -0.39 is 0 Å². The normalized spacial score (nSPS) is 10.2. The first-order valence-electron chi connectivity index (χ1n) is 5.03. The van der Waals surface area contributed by atoms with Gasteiger partial charge in [-0.2, -0.15) is 0 Å². The molecule has 0 saturated carbocycles. The summed E-state index contributed by atoms with van der Waals surface area (Å²) in [6.45, 7) is 0. The minimum Gasteiger partial charge on any atom is -0.496 e. The lowest BCUT2D eigenvalue weighted by molar-refractivity contribution is 0.0940. The Kier molecular flexibility index (Phi) is 3.44. The highest BCUT2D eigenvalue weighted by Crippen LogP contribution is 2.27. The predicted molar refractivity (Wildman–Crippen MR) is 65.6 cm³/mol. The maximum atomic E-state index is 11.4. The van der Waals surface area contributed by atoms with Gasteiger partial charge in [-0.05, 0) is 12.1 Å². The van der Waals surface area contributed by atoms with Crippen molar-refractivity contribution >= 4 is 17.5 Å². The number of hydrogen-bond acceptors (Lipinski definition) is 3. The first-order valence-corrected chi connectivity index (χ1v) is 5.56. The number of nitrogens with zero attached hydrogens (tertiary/aromatic N) is 2. The maximum absolute atomic E-state index is 11.4. The van der Waals surface area contributed by atoms with Gasteiger partial charge in [0.15, 0.2) is 0 Å². The van der Waals surface area contributed by atoms with Crippen molar-refractivity contribution in [3.63, 3.8) is 0 Å². The number of benzene rings is 1. The molecule has 0 N–H and O–H groups in total. The summed E-state index contributed by atoms with van der Waals surface area (Å²) in [5.41, 5.74) is 1.53. The van der Waals surface area contributed by atoms with Crippen molar-refractivity contribution < 1.29 is 9.53 Å². The van der Waals surface area contributed by atoms with Gasteiger partial charge < -0.3 is 4.74 Å². The average molecular weight is 251 g/mol. The minimum atomic E-state index is -0.208. The highest BCUT2D eigenvalue weighted by atomic mass is 35.5. The van der Waals surface area contributed by atoms with Crippen molar-refractivity contribution in [2.45, 2.75) is 0 Å². The summed E-state index contributed by atoms with van der Waals surface area (Å²) >= 11 is 5.48. The standard InChI is InChI=1S/C12H11ClN2O2/c1-17-11-5-3-2-4-9(11)10-7-15(8-14-10)12(16)6-13/h2-5,7-8H,6H2,1H3. The molecule has 0 atom stereocenters. The van der Waals surface area contributed by atoms with Crippen LogP contribution in [0.3, 0.4) is 0 Å². The van der Waals surface area contributed by atoms with E-state index in [0.29, 0.717) is 5.69 Å². The van der Waals surface area contributed by atoms with E-state index in [0.717, 1.165) is 11.3 Å². The fourth-order valence-electron chi connectivity index (χ4n) is 1.52. The first kappa shape index (κ1) is 11.7. The molecule has 17 heavy (non-hydrogen) atoms. The Balaban J connectivity index is 2.40. The summed E-state index contributed by atoms with van der Waals surface area (Å²) in [4.78, 5) is 15.5. The minimum absolute atomic E-state index is 0.0677. The molecule has 0 spiro atoms. The van der Waals surface area contributed by atoms with Crippen LogP contribution in [-0.4, -0.2) is 28.4 Å². The number of methoxy groups -OCH3 is 1. The molecule has 0 radical (unpaired) electrons. The third kappa shape index (κ3) is 2.31. The summed E-state index contributed by atoms with van der Waals surface area (Å²) in [5, 5.41) is 0. The van der Waals surface area contributed by atoms with E-state index in [1.165, 1.54) is 10.9 Å². The van der Waals surface area contributed by atoms with Crippen molar-refractivity contribution in [3.05, 3.63) is 36.8 Å². The van der Waals surface area contributed by atoms with E-state index in [4.69, 9.17) is 16.3 Å². The van der Waals surface area contributed by atoms with Crippen LogP contribution in [0.25, 0.3) is 11.3 Å². The topological polar surface area (TPSA) is 44.1 Å². The van der Waals surface area contributed by atoms with Crippen LogP contribution in [0.15, 0.2) is 36.8 Å². The molecule has 0 unspecified atom stereocenters. The molecule has 0 saturated heterocycles.